The molecular formula is C7H15NO5. The first-order valence-corrected chi connectivity index (χ1v) is 3.58. The molecule has 0 fully saturated rings. The minimum absolute atomic E-state index is 0.133. The highest BCUT2D eigenvalue weighted by molar-refractivity contribution is 5.70. The summed E-state index contributed by atoms with van der Waals surface area (Å²) in [5.74, 6) is -0.789. The number of nitrogens with two attached hydrogens (primary N) is 1. The lowest BCUT2D eigenvalue weighted by molar-refractivity contribution is -0.144. The van der Waals surface area contributed by atoms with Gasteiger partial charge in [-0.2, -0.15) is 0 Å². The second-order valence-electron chi connectivity index (χ2n) is 2.25. The molecular weight excluding hydrogens is 178 g/mol. The highest BCUT2D eigenvalue weighted by Crippen LogP contribution is 1.82. The van der Waals surface area contributed by atoms with Gasteiger partial charge in [0.2, 0.25) is 5.91 Å². The summed E-state index contributed by atoms with van der Waals surface area (Å²) in [7, 11) is 0. The Balaban J connectivity index is 0. The highest BCUT2D eigenvalue weighted by atomic mass is 16.5. The average Bonchev–Trinajstić information content (AvgIpc) is 1.99. The van der Waals surface area contributed by atoms with Gasteiger partial charge in [-0.25, -0.2) is 0 Å². The first-order chi connectivity index (χ1) is 5.90. The van der Waals surface area contributed by atoms with Crippen molar-refractivity contribution in [2.75, 3.05) is 13.2 Å². The van der Waals surface area contributed by atoms with E-state index in [0.717, 1.165) is 0 Å². The Hall–Kier alpha value is -1.14. The van der Waals surface area contributed by atoms with Gasteiger partial charge >= 0.3 is 5.97 Å². The fraction of sp³-hybridized carbons (Fsp3) is 0.714. The van der Waals surface area contributed by atoms with Crippen LogP contribution in [0.5, 0.6) is 0 Å². The molecule has 1 amide bonds. The summed E-state index contributed by atoms with van der Waals surface area (Å²) >= 11 is 0. The Kier molecular flexibility index (Phi) is 9.91. The molecule has 1 unspecified atom stereocenters. The predicted molar refractivity (Wildman–Crippen MR) is 44.6 cm³/mol. The van der Waals surface area contributed by atoms with Crippen LogP contribution in [-0.4, -0.2) is 41.4 Å². The number of aliphatic hydroxyl groups excluding tert-OH is 2. The minimum atomic E-state index is -0.950. The van der Waals surface area contributed by atoms with Crippen LogP contribution in [0.2, 0.25) is 0 Å². The van der Waals surface area contributed by atoms with Gasteiger partial charge in [0.05, 0.1) is 6.61 Å². The average molecular weight is 193 g/mol. The SMILES string of the molecule is CC(=O)OCC(O)CO.CC(N)=O. The summed E-state index contributed by atoms with van der Waals surface area (Å²) < 4.78 is 4.35. The van der Waals surface area contributed by atoms with E-state index in [1.54, 1.807) is 0 Å². The van der Waals surface area contributed by atoms with Crippen molar-refractivity contribution in [2.24, 2.45) is 5.73 Å². The van der Waals surface area contributed by atoms with Gasteiger partial charge in [0.1, 0.15) is 12.7 Å². The first-order valence-electron chi connectivity index (χ1n) is 3.58. The third kappa shape index (κ3) is 24.8. The standard InChI is InChI=1S/C5H10O4.C2H5NO/c1-4(7)9-3-5(8)2-6;1-2(3)4/h5-6,8H,2-3H2,1H3;1H3,(H2,3,4). The van der Waals surface area contributed by atoms with Crippen LogP contribution in [0.3, 0.4) is 0 Å². The van der Waals surface area contributed by atoms with Crippen molar-refractivity contribution in [1.29, 1.82) is 0 Å². The van der Waals surface area contributed by atoms with E-state index in [4.69, 9.17) is 10.2 Å². The molecule has 0 aliphatic heterocycles. The lowest BCUT2D eigenvalue weighted by Crippen LogP contribution is -2.20. The van der Waals surface area contributed by atoms with Gasteiger partial charge < -0.3 is 20.7 Å². The minimum Gasteiger partial charge on any atom is -0.463 e. The lowest BCUT2D eigenvalue weighted by Gasteiger charge is -2.05. The molecule has 6 nitrogen and oxygen atoms in total. The van der Waals surface area contributed by atoms with Crippen LogP contribution in [-0.2, 0) is 14.3 Å². The molecule has 0 heterocycles. The molecule has 1 atom stereocenters. The molecule has 78 valence electrons. The molecule has 0 aliphatic carbocycles. The Morgan fingerprint density at radius 2 is 1.85 bits per heavy atom. The topological polar surface area (TPSA) is 110 Å². The lowest BCUT2D eigenvalue weighted by atomic mass is 10.4. The normalized spacial score (nSPS) is 10.8. The fourth-order valence-electron chi connectivity index (χ4n) is 0.266. The van der Waals surface area contributed by atoms with E-state index in [1.165, 1.54) is 13.8 Å². The number of rotatable bonds is 3. The Labute approximate surface area is 76.3 Å². The molecule has 0 aromatic carbocycles. The summed E-state index contributed by atoms with van der Waals surface area (Å²) in [4.78, 5) is 19.3. The van der Waals surface area contributed by atoms with E-state index < -0.39 is 12.1 Å². The van der Waals surface area contributed by atoms with Crippen LogP contribution < -0.4 is 5.73 Å². The van der Waals surface area contributed by atoms with Crippen molar-refractivity contribution in [3.8, 4) is 0 Å². The van der Waals surface area contributed by atoms with Gasteiger partial charge in [-0.05, 0) is 0 Å². The maximum Gasteiger partial charge on any atom is 0.302 e. The molecule has 0 rings (SSSR count). The smallest absolute Gasteiger partial charge is 0.302 e. The number of primary amides is 1. The van der Waals surface area contributed by atoms with Crippen molar-refractivity contribution in [2.45, 2.75) is 20.0 Å². The predicted octanol–water partition coefficient (Wildman–Crippen LogP) is -1.61. The summed E-state index contributed by atoms with van der Waals surface area (Å²) in [6.45, 7) is 2.03. The number of esters is 1. The fourth-order valence-corrected chi connectivity index (χ4v) is 0.266. The zero-order chi connectivity index (χ0) is 10.9. The third-order valence-electron chi connectivity index (χ3n) is 0.690. The third-order valence-corrected chi connectivity index (χ3v) is 0.690. The van der Waals surface area contributed by atoms with Crippen molar-refractivity contribution in [3.05, 3.63) is 0 Å². The van der Waals surface area contributed by atoms with Crippen molar-refractivity contribution < 1.29 is 24.5 Å². The molecule has 0 aromatic heterocycles. The van der Waals surface area contributed by atoms with Gasteiger partial charge in [-0.15, -0.1) is 0 Å². The summed E-state index contributed by atoms with van der Waals surface area (Å²) in [5, 5.41) is 16.8. The van der Waals surface area contributed by atoms with Crippen LogP contribution in [0, 0.1) is 0 Å². The van der Waals surface area contributed by atoms with E-state index in [1.807, 2.05) is 0 Å². The zero-order valence-corrected chi connectivity index (χ0v) is 7.69. The number of aliphatic hydroxyl groups is 2. The quantitative estimate of drug-likeness (QED) is 0.467. The molecule has 4 N–H and O–H groups in total. The van der Waals surface area contributed by atoms with Gasteiger partial charge in [-0.3, -0.25) is 9.59 Å². The number of hydrogen-bond acceptors (Lipinski definition) is 5. The molecule has 0 radical (unpaired) electrons. The molecule has 0 aliphatic rings. The van der Waals surface area contributed by atoms with Gasteiger partial charge in [0.15, 0.2) is 0 Å². The molecule has 13 heavy (non-hydrogen) atoms. The zero-order valence-electron chi connectivity index (χ0n) is 7.69. The summed E-state index contributed by atoms with van der Waals surface area (Å²) in [6, 6.07) is 0. The summed E-state index contributed by atoms with van der Waals surface area (Å²) in [6.07, 6.45) is -0.950. The van der Waals surface area contributed by atoms with E-state index in [2.05, 4.69) is 10.5 Å². The number of hydrogen-bond donors (Lipinski definition) is 3. The number of ether oxygens (including phenoxy) is 1. The Bertz CT molecular complexity index is 155. The first kappa shape index (κ1) is 14.4. The second kappa shape index (κ2) is 8.95. The number of carbonyl (C=O) groups excluding carboxylic acids is 2. The van der Waals surface area contributed by atoms with E-state index in [-0.39, 0.29) is 19.1 Å². The molecule has 0 saturated heterocycles. The van der Waals surface area contributed by atoms with Crippen molar-refractivity contribution in [1.82, 2.24) is 0 Å². The van der Waals surface area contributed by atoms with Crippen molar-refractivity contribution in [3.63, 3.8) is 0 Å². The Morgan fingerprint density at radius 1 is 1.46 bits per heavy atom. The van der Waals surface area contributed by atoms with E-state index in [9.17, 15) is 9.59 Å². The Morgan fingerprint density at radius 3 is 2.08 bits per heavy atom. The van der Waals surface area contributed by atoms with Crippen molar-refractivity contribution >= 4 is 11.9 Å². The molecule has 0 aromatic rings. The maximum atomic E-state index is 10.0. The molecule has 0 saturated carbocycles. The van der Waals surface area contributed by atoms with Crippen LogP contribution in [0.1, 0.15) is 13.8 Å². The van der Waals surface area contributed by atoms with E-state index in [0.29, 0.717) is 0 Å². The van der Waals surface area contributed by atoms with Gasteiger partial charge in [0, 0.05) is 13.8 Å². The van der Waals surface area contributed by atoms with E-state index >= 15 is 0 Å². The molecule has 0 spiro atoms. The molecule has 0 bridgehead atoms. The number of amides is 1. The summed E-state index contributed by atoms with van der Waals surface area (Å²) in [5.41, 5.74) is 4.47. The monoisotopic (exact) mass is 193 g/mol. The second-order valence-corrected chi connectivity index (χ2v) is 2.25. The number of carbonyl (C=O) groups is 2. The van der Waals surface area contributed by atoms with Crippen LogP contribution in [0.15, 0.2) is 0 Å². The largest absolute Gasteiger partial charge is 0.463 e. The highest BCUT2D eigenvalue weighted by Gasteiger charge is 2.02. The van der Waals surface area contributed by atoms with Crippen LogP contribution in [0.4, 0.5) is 0 Å². The molecule has 6 heteroatoms. The van der Waals surface area contributed by atoms with Crippen LogP contribution >= 0.6 is 0 Å². The van der Waals surface area contributed by atoms with Gasteiger partial charge in [-0.1, -0.05) is 0 Å². The van der Waals surface area contributed by atoms with Crippen LogP contribution in [0.25, 0.3) is 0 Å². The maximum absolute atomic E-state index is 10.0. The van der Waals surface area contributed by atoms with Gasteiger partial charge in [0.25, 0.3) is 0 Å².